The summed E-state index contributed by atoms with van der Waals surface area (Å²) in [7, 11) is 0. The maximum Gasteiger partial charge on any atom is 0.163 e. The van der Waals surface area contributed by atoms with Gasteiger partial charge in [0.1, 0.15) is 5.78 Å². The van der Waals surface area contributed by atoms with Crippen molar-refractivity contribution >= 4 is 11.6 Å². The molecule has 2 nitrogen and oxygen atoms in total. The Hall–Kier alpha value is -1.44. The average molecular weight is 282 g/mol. The molecule has 0 unspecified atom stereocenters. The third-order valence-corrected chi connectivity index (χ3v) is 6.55. The van der Waals surface area contributed by atoms with Gasteiger partial charge in [0.15, 0.2) is 5.78 Å². The highest BCUT2D eigenvalue weighted by Crippen LogP contribution is 2.59. The first-order chi connectivity index (χ1) is 10.0. The van der Waals surface area contributed by atoms with Crippen molar-refractivity contribution in [1.29, 1.82) is 0 Å². The Kier molecular flexibility index (Phi) is 2.70. The van der Waals surface area contributed by atoms with Gasteiger partial charge >= 0.3 is 0 Å². The standard InChI is InChI=1S/C19H22O2/c1-11-4-3-5-13-12-8-9-19(2)15(6-7-17(19)21)14(12)10-16(20)18(11)13/h3-5,12,14-15H,6-10H2,1-2H3/t12-,14-,15+,19+/m1/s1. The minimum Gasteiger partial charge on any atom is -0.299 e. The topological polar surface area (TPSA) is 34.1 Å². The van der Waals surface area contributed by atoms with Crippen LogP contribution in [0.25, 0.3) is 0 Å². The second kappa shape index (κ2) is 4.28. The number of fused-ring (bicyclic) bond motifs is 5. The van der Waals surface area contributed by atoms with Gasteiger partial charge in [-0.1, -0.05) is 25.1 Å². The highest BCUT2D eigenvalue weighted by Gasteiger charge is 2.55. The molecule has 0 radical (unpaired) electrons. The number of aryl methyl sites for hydroxylation is 1. The molecule has 2 saturated carbocycles. The van der Waals surface area contributed by atoms with E-state index in [4.69, 9.17) is 0 Å². The molecule has 0 N–H and O–H groups in total. The molecular formula is C19H22O2. The fraction of sp³-hybridized carbons (Fsp3) is 0.579. The summed E-state index contributed by atoms with van der Waals surface area (Å²) in [5.41, 5.74) is 3.21. The largest absolute Gasteiger partial charge is 0.299 e. The Labute approximate surface area is 125 Å². The second-order valence-corrected chi connectivity index (χ2v) is 7.46. The second-order valence-electron chi connectivity index (χ2n) is 7.46. The van der Waals surface area contributed by atoms with E-state index in [1.165, 1.54) is 5.56 Å². The van der Waals surface area contributed by atoms with E-state index in [2.05, 4.69) is 19.1 Å². The minimum atomic E-state index is -0.150. The van der Waals surface area contributed by atoms with Crippen LogP contribution in [0.15, 0.2) is 18.2 Å². The summed E-state index contributed by atoms with van der Waals surface area (Å²) >= 11 is 0. The lowest BCUT2D eigenvalue weighted by Crippen LogP contribution is -2.43. The maximum atomic E-state index is 12.7. The molecular weight excluding hydrogens is 260 g/mol. The lowest BCUT2D eigenvalue weighted by atomic mass is 9.55. The monoisotopic (exact) mass is 282 g/mol. The normalized spacial score (nSPS) is 37.9. The summed E-state index contributed by atoms with van der Waals surface area (Å²) in [6.45, 7) is 4.20. The van der Waals surface area contributed by atoms with Crippen LogP contribution in [0.3, 0.4) is 0 Å². The average Bonchev–Trinajstić information content (AvgIpc) is 2.75. The first-order valence-corrected chi connectivity index (χ1v) is 8.18. The summed E-state index contributed by atoms with van der Waals surface area (Å²) in [4.78, 5) is 25.0. The number of benzene rings is 1. The van der Waals surface area contributed by atoms with Gasteiger partial charge < -0.3 is 0 Å². The number of hydrogen-bond acceptors (Lipinski definition) is 2. The number of Topliss-reactive ketones (excluding diaryl/α,β-unsaturated/α-hetero) is 2. The van der Waals surface area contributed by atoms with Gasteiger partial charge in [0, 0.05) is 23.8 Å². The van der Waals surface area contributed by atoms with Crippen LogP contribution >= 0.6 is 0 Å². The molecule has 0 bridgehead atoms. The molecule has 0 spiro atoms. The molecule has 21 heavy (non-hydrogen) atoms. The third kappa shape index (κ3) is 1.65. The van der Waals surface area contributed by atoms with E-state index in [-0.39, 0.29) is 5.41 Å². The molecule has 0 saturated heterocycles. The van der Waals surface area contributed by atoms with E-state index in [0.717, 1.165) is 36.8 Å². The van der Waals surface area contributed by atoms with Gasteiger partial charge in [-0.15, -0.1) is 0 Å². The SMILES string of the molecule is Cc1cccc2c1C(=O)C[C@@H]1[C@@H]2CC[C@]2(C)C(=O)CC[C@@H]12. The van der Waals surface area contributed by atoms with Crippen LogP contribution < -0.4 is 0 Å². The Morgan fingerprint density at radius 2 is 2.00 bits per heavy atom. The van der Waals surface area contributed by atoms with Crippen LogP contribution in [0.1, 0.15) is 66.4 Å². The van der Waals surface area contributed by atoms with E-state index < -0.39 is 0 Å². The van der Waals surface area contributed by atoms with E-state index >= 15 is 0 Å². The number of carbonyl (C=O) groups excluding carboxylic acids is 2. The Bertz CT molecular complexity index is 645. The highest BCUT2D eigenvalue weighted by molar-refractivity contribution is 6.00. The molecule has 4 rings (SSSR count). The summed E-state index contributed by atoms with van der Waals surface area (Å²) < 4.78 is 0. The molecule has 3 aliphatic carbocycles. The zero-order valence-electron chi connectivity index (χ0n) is 12.8. The van der Waals surface area contributed by atoms with Crippen molar-refractivity contribution in [3.05, 3.63) is 34.9 Å². The quantitative estimate of drug-likeness (QED) is 0.719. The predicted molar refractivity (Wildman–Crippen MR) is 81.4 cm³/mol. The van der Waals surface area contributed by atoms with Crippen molar-refractivity contribution in [1.82, 2.24) is 0 Å². The van der Waals surface area contributed by atoms with Crippen molar-refractivity contribution in [3.63, 3.8) is 0 Å². The first-order valence-electron chi connectivity index (χ1n) is 8.18. The Morgan fingerprint density at radius 3 is 2.81 bits per heavy atom. The van der Waals surface area contributed by atoms with Gasteiger partial charge in [0.2, 0.25) is 0 Å². The fourth-order valence-corrected chi connectivity index (χ4v) is 5.43. The summed E-state index contributed by atoms with van der Waals surface area (Å²) in [5.74, 6) is 2.03. The van der Waals surface area contributed by atoms with Crippen molar-refractivity contribution < 1.29 is 9.59 Å². The molecule has 0 amide bonds. The van der Waals surface area contributed by atoms with Crippen LogP contribution in [0.2, 0.25) is 0 Å². The molecule has 4 atom stereocenters. The highest BCUT2D eigenvalue weighted by atomic mass is 16.1. The van der Waals surface area contributed by atoms with E-state index in [1.54, 1.807) is 0 Å². The Morgan fingerprint density at radius 1 is 1.19 bits per heavy atom. The molecule has 110 valence electrons. The fourth-order valence-electron chi connectivity index (χ4n) is 5.43. The molecule has 1 aromatic rings. The molecule has 2 fully saturated rings. The van der Waals surface area contributed by atoms with Gasteiger partial charge in [-0.05, 0) is 55.1 Å². The zero-order valence-corrected chi connectivity index (χ0v) is 12.8. The van der Waals surface area contributed by atoms with Crippen LogP contribution in [0.5, 0.6) is 0 Å². The molecule has 2 heteroatoms. The number of ketones is 2. The number of rotatable bonds is 0. The van der Waals surface area contributed by atoms with Gasteiger partial charge in [-0.3, -0.25) is 9.59 Å². The summed E-state index contributed by atoms with van der Waals surface area (Å²) in [6.07, 6.45) is 4.42. The molecule has 3 aliphatic rings. The smallest absolute Gasteiger partial charge is 0.163 e. The maximum absolute atomic E-state index is 12.7. The van der Waals surface area contributed by atoms with Crippen molar-refractivity contribution in [3.8, 4) is 0 Å². The van der Waals surface area contributed by atoms with Crippen molar-refractivity contribution in [2.45, 2.75) is 51.9 Å². The molecule has 0 aromatic heterocycles. The van der Waals surface area contributed by atoms with Crippen LogP contribution in [0.4, 0.5) is 0 Å². The zero-order chi connectivity index (χ0) is 14.8. The van der Waals surface area contributed by atoms with E-state index in [1.807, 2.05) is 13.0 Å². The summed E-state index contributed by atoms with van der Waals surface area (Å²) in [6, 6.07) is 6.27. The van der Waals surface area contributed by atoms with Crippen LogP contribution in [-0.4, -0.2) is 11.6 Å². The van der Waals surface area contributed by atoms with Gasteiger partial charge in [0.05, 0.1) is 0 Å². The number of carbonyl (C=O) groups is 2. The van der Waals surface area contributed by atoms with E-state index in [0.29, 0.717) is 35.7 Å². The Balaban J connectivity index is 1.81. The first kappa shape index (κ1) is 13.2. The minimum absolute atomic E-state index is 0.150. The molecule has 0 heterocycles. The van der Waals surface area contributed by atoms with Gasteiger partial charge in [0.25, 0.3) is 0 Å². The van der Waals surface area contributed by atoms with E-state index in [9.17, 15) is 9.59 Å². The lowest BCUT2D eigenvalue weighted by Gasteiger charge is -2.47. The summed E-state index contributed by atoms with van der Waals surface area (Å²) in [5, 5.41) is 0. The predicted octanol–water partition coefficient (Wildman–Crippen LogP) is 4.06. The third-order valence-electron chi connectivity index (χ3n) is 6.55. The van der Waals surface area contributed by atoms with Gasteiger partial charge in [-0.25, -0.2) is 0 Å². The van der Waals surface area contributed by atoms with Crippen molar-refractivity contribution in [2.75, 3.05) is 0 Å². The van der Waals surface area contributed by atoms with Gasteiger partial charge in [-0.2, -0.15) is 0 Å². The van der Waals surface area contributed by atoms with Crippen LogP contribution in [0, 0.1) is 24.2 Å². The molecule has 1 aromatic carbocycles. The van der Waals surface area contributed by atoms with Crippen molar-refractivity contribution in [2.24, 2.45) is 17.3 Å². The van der Waals surface area contributed by atoms with Crippen LogP contribution in [-0.2, 0) is 4.79 Å². The number of hydrogen-bond donors (Lipinski definition) is 0. The molecule has 0 aliphatic heterocycles. The lowest BCUT2D eigenvalue weighted by molar-refractivity contribution is -0.129.